The Morgan fingerprint density at radius 2 is 2.10 bits per heavy atom. The number of ether oxygens (including phenoxy) is 1. The summed E-state index contributed by atoms with van der Waals surface area (Å²) in [6.07, 6.45) is 1.49. The number of hydrogen-bond acceptors (Lipinski definition) is 6. The second-order valence-electron chi connectivity index (χ2n) is 8.75. The predicted octanol–water partition coefficient (Wildman–Crippen LogP) is -4.54. The molecule has 2 aromatic rings. The maximum Gasteiger partial charge on any atom is 0.275 e. The van der Waals surface area contributed by atoms with E-state index < -0.39 is 18.1 Å². The number of halogens is 2. The van der Waals surface area contributed by atoms with Gasteiger partial charge in [-0.1, -0.05) is 22.2 Å². The number of nitrogens with two attached hydrogens (primary N) is 1. The molecule has 0 aromatic carbocycles. The van der Waals surface area contributed by atoms with Crippen LogP contribution in [0.15, 0.2) is 23.3 Å². The van der Waals surface area contributed by atoms with Crippen molar-refractivity contribution in [1.29, 1.82) is 0 Å². The highest BCUT2D eigenvalue weighted by Crippen LogP contribution is 2.30. The Kier molecular flexibility index (Phi) is 6.57. The lowest BCUT2D eigenvalue weighted by molar-refractivity contribution is 0.0827. The Bertz CT molecular complexity index is 1070. The SMILES string of the molecule is Bc1nc(C(=O)Nc2cc(C3(CF)COCC(N)=N3)ccn2)c(C(B)(B)B)c(B)c1Cl. The molecule has 0 aliphatic carbocycles. The third-order valence-electron chi connectivity index (χ3n) is 5.21. The van der Waals surface area contributed by atoms with Crippen LogP contribution in [0.5, 0.6) is 0 Å². The minimum absolute atomic E-state index is 0.0485. The summed E-state index contributed by atoms with van der Waals surface area (Å²) in [6, 6.07) is 3.21. The summed E-state index contributed by atoms with van der Waals surface area (Å²) in [6.45, 7) is -0.587. The maximum atomic E-state index is 14.0. The number of aromatic nitrogens is 2. The summed E-state index contributed by atoms with van der Waals surface area (Å²) < 4.78 is 19.4. The second-order valence-corrected chi connectivity index (χ2v) is 9.13. The van der Waals surface area contributed by atoms with Crippen molar-refractivity contribution in [2.45, 2.75) is 10.7 Å². The average molecular weight is 437 g/mol. The summed E-state index contributed by atoms with van der Waals surface area (Å²) >= 11 is 6.40. The van der Waals surface area contributed by atoms with Gasteiger partial charge in [0.1, 0.15) is 44.0 Å². The Balaban J connectivity index is 1.99. The molecule has 0 bridgehead atoms. The zero-order valence-electron chi connectivity index (χ0n) is 18.3. The number of nitrogens with zero attached hydrogens (tertiary/aromatic N) is 3. The molecule has 1 amide bonds. The van der Waals surface area contributed by atoms with Crippen molar-refractivity contribution < 1.29 is 13.9 Å². The molecule has 7 nitrogen and oxygen atoms in total. The fourth-order valence-corrected chi connectivity index (χ4v) is 3.97. The summed E-state index contributed by atoms with van der Waals surface area (Å²) in [5.74, 6) is 0.0497. The van der Waals surface area contributed by atoms with Gasteiger partial charge in [0.25, 0.3) is 5.91 Å². The Morgan fingerprint density at radius 1 is 1.39 bits per heavy atom. The van der Waals surface area contributed by atoms with Crippen molar-refractivity contribution in [2.24, 2.45) is 10.7 Å². The lowest BCUT2D eigenvalue weighted by Gasteiger charge is -2.31. The number of carbonyl (C=O) groups is 1. The highest BCUT2D eigenvalue weighted by molar-refractivity contribution is 6.62. The van der Waals surface area contributed by atoms with Gasteiger partial charge < -0.3 is 15.8 Å². The van der Waals surface area contributed by atoms with Crippen LogP contribution in [0.3, 0.4) is 0 Å². The quantitative estimate of drug-likeness (QED) is 0.460. The molecule has 1 aliphatic rings. The van der Waals surface area contributed by atoms with E-state index in [1.807, 2.05) is 31.4 Å². The van der Waals surface area contributed by atoms with Gasteiger partial charge in [-0.05, 0) is 23.3 Å². The summed E-state index contributed by atoms with van der Waals surface area (Å²) in [5.41, 5.74) is 7.44. The van der Waals surface area contributed by atoms with Gasteiger partial charge in [-0.2, -0.15) is 0 Å². The molecule has 3 heterocycles. The van der Waals surface area contributed by atoms with Crippen molar-refractivity contribution in [1.82, 2.24) is 9.97 Å². The first kappa shape index (κ1) is 23.4. The Hall–Kier alpha value is -2.26. The predicted molar refractivity (Wildman–Crippen MR) is 135 cm³/mol. The lowest BCUT2D eigenvalue weighted by atomic mass is 9.38. The van der Waals surface area contributed by atoms with Crippen molar-refractivity contribution >= 4 is 79.4 Å². The first-order valence-electron chi connectivity index (χ1n) is 9.91. The van der Waals surface area contributed by atoms with Gasteiger partial charge in [0.05, 0.1) is 30.1 Å². The molecule has 3 N–H and O–H groups in total. The molecule has 1 atom stereocenters. The van der Waals surface area contributed by atoms with Crippen LogP contribution >= 0.6 is 11.6 Å². The summed E-state index contributed by atoms with van der Waals surface area (Å²) in [5, 5.41) is 2.96. The van der Waals surface area contributed by atoms with Crippen LogP contribution < -0.4 is 22.1 Å². The minimum Gasteiger partial charge on any atom is -0.385 e. The van der Waals surface area contributed by atoms with Gasteiger partial charge >= 0.3 is 0 Å². The van der Waals surface area contributed by atoms with Crippen LogP contribution in [0.2, 0.25) is 5.02 Å². The van der Waals surface area contributed by atoms with Gasteiger partial charge in [-0.15, -0.1) is 0 Å². The second kappa shape index (κ2) is 8.71. The molecule has 0 saturated heterocycles. The molecule has 0 spiro atoms. The number of nitrogens with one attached hydrogen (secondary N) is 1. The molecule has 2 aromatic heterocycles. The van der Waals surface area contributed by atoms with Crippen LogP contribution in [0.1, 0.15) is 21.6 Å². The number of amidine groups is 1. The first-order chi connectivity index (χ1) is 14.5. The van der Waals surface area contributed by atoms with E-state index in [1.165, 1.54) is 6.20 Å². The fraction of sp³-hybridized carbons (Fsp3) is 0.294. The molecular formula is C17H22B5ClFN5O2. The van der Waals surface area contributed by atoms with Crippen LogP contribution in [-0.4, -0.2) is 80.8 Å². The maximum absolute atomic E-state index is 14.0. The zero-order chi connectivity index (χ0) is 23.0. The van der Waals surface area contributed by atoms with Crippen molar-refractivity contribution in [2.75, 3.05) is 25.2 Å². The van der Waals surface area contributed by atoms with Crippen molar-refractivity contribution in [3.8, 4) is 0 Å². The third-order valence-corrected chi connectivity index (χ3v) is 5.77. The molecule has 0 saturated carbocycles. The van der Waals surface area contributed by atoms with E-state index in [1.54, 1.807) is 20.0 Å². The highest BCUT2D eigenvalue weighted by Gasteiger charge is 2.36. The monoisotopic (exact) mass is 437 g/mol. The number of amides is 1. The van der Waals surface area contributed by atoms with Crippen molar-refractivity contribution in [3.63, 3.8) is 0 Å². The van der Waals surface area contributed by atoms with E-state index in [4.69, 9.17) is 22.1 Å². The molecule has 0 fully saturated rings. The summed E-state index contributed by atoms with van der Waals surface area (Å²) in [7, 11) is 9.62. The van der Waals surface area contributed by atoms with Gasteiger partial charge in [-0.3, -0.25) is 14.8 Å². The normalized spacial score (nSPS) is 19.0. The lowest BCUT2D eigenvalue weighted by Crippen LogP contribution is -2.41. The standard InChI is InChI=1S/C17H22B5ClFN5O2/c18-11-10(17(20,21)22)13(28-14(19)12(11)23)15(30)27-9-3-7(1-2-26-9)16(5-24)6-31-4-8(25)29-16/h1-3H,4-6,18-22H2,(H2,25,29)(H,26,27,30). The molecule has 0 radical (unpaired) electrons. The first-order valence-corrected chi connectivity index (χ1v) is 10.3. The molecule has 1 aliphatic heterocycles. The average Bonchev–Trinajstić information content (AvgIpc) is 2.70. The molecule has 3 rings (SSSR count). The van der Waals surface area contributed by atoms with Crippen LogP contribution in [0, 0.1) is 0 Å². The van der Waals surface area contributed by atoms with E-state index in [9.17, 15) is 9.18 Å². The van der Waals surface area contributed by atoms with Gasteiger partial charge in [-0.25, -0.2) is 9.37 Å². The largest absolute Gasteiger partial charge is 0.385 e. The third kappa shape index (κ3) is 4.67. The van der Waals surface area contributed by atoms with E-state index in [2.05, 4.69) is 20.3 Å². The fourth-order valence-electron chi connectivity index (χ4n) is 3.83. The number of carbonyl (C=O) groups excluding carboxylic acids is 1. The van der Waals surface area contributed by atoms with E-state index >= 15 is 0 Å². The van der Waals surface area contributed by atoms with Gasteiger partial charge in [0, 0.05) is 16.8 Å². The molecule has 14 heteroatoms. The molecular weight excluding hydrogens is 415 g/mol. The van der Waals surface area contributed by atoms with Crippen LogP contribution in [0.25, 0.3) is 0 Å². The topological polar surface area (TPSA) is 102 Å². The number of rotatable bonds is 5. The number of aliphatic imine (C=N–C) groups is 1. The molecule has 156 valence electrons. The van der Waals surface area contributed by atoms with Gasteiger partial charge in [0.15, 0.2) is 7.85 Å². The van der Waals surface area contributed by atoms with E-state index in [-0.39, 0.29) is 35.7 Å². The number of anilines is 1. The van der Waals surface area contributed by atoms with E-state index in [0.717, 1.165) is 11.0 Å². The van der Waals surface area contributed by atoms with Crippen LogP contribution in [-0.2, 0) is 15.4 Å². The number of hydrogen-bond donors (Lipinski definition) is 2. The highest BCUT2D eigenvalue weighted by atomic mass is 35.5. The number of pyridine rings is 2. The van der Waals surface area contributed by atoms with E-state index in [0.29, 0.717) is 16.2 Å². The molecule has 31 heavy (non-hydrogen) atoms. The summed E-state index contributed by atoms with van der Waals surface area (Å²) in [4.78, 5) is 26.1. The van der Waals surface area contributed by atoms with Gasteiger partial charge in [0.2, 0.25) is 0 Å². The Morgan fingerprint density at radius 3 is 2.71 bits per heavy atom. The molecule has 1 unspecified atom stereocenters. The number of alkyl halides is 1. The van der Waals surface area contributed by atoms with Crippen LogP contribution in [0.4, 0.5) is 10.2 Å². The smallest absolute Gasteiger partial charge is 0.275 e. The minimum atomic E-state index is -1.26. The van der Waals surface area contributed by atoms with Crippen molar-refractivity contribution in [3.05, 3.63) is 40.2 Å². The Labute approximate surface area is 190 Å². The zero-order valence-corrected chi connectivity index (χ0v) is 19.1.